The van der Waals surface area contributed by atoms with E-state index >= 15 is 0 Å². The van der Waals surface area contributed by atoms with Gasteiger partial charge in [0.2, 0.25) is 10.0 Å². The maximum absolute atomic E-state index is 12.5. The van der Waals surface area contributed by atoms with Crippen LogP contribution in [-0.4, -0.2) is 8.42 Å². The highest BCUT2D eigenvalue weighted by Gasteiger charge is 2.19. The number of sulfonamides is 1. The first-order valence-corrected chi connectivity index (χ1v) is 9.71. The first kappa shape index (κ1) is 16.5. The molecule has 0 saturated carbocycles. The van der Waals surface area contributed by atoms with Gasteiger partial charge in [-0.1, -0.05) is 29.8 Å². The zero-order valence-electron chi connectivity index (χ0n) is 13.0. The van der Waals surface area contributed by atoms with E-state index in [2.05, 4.69) is 16.9 Å². The fourth-order valence-electron chi connectivity index (χ4n) is 3.01. The van der Waals surface area contributed by atoms with Crippen LogP contribution in [-0.2, 0) is 22.9 Å². The predicted octanol–water partition coefficient (Wildman–Crippen LogP) is 4.26. The lowest BCUT2D eigenvalue weighted by Gasteiger charge is -2.20. The molecule has 3 rings (SSSR count). The molecule has 0 bridgehead atoms. The summed E-state index contributed by atoms with van der Waals surface area (Å²) in [6, 6.07) is 12.2. The van der Waals surface area contributed by atoms with Gasteiger partial charge in [0.15, 0.2) is 0 Å². The highest BCUT2D eigenvalue weighted by molar-refractivity contribution is 7.89. The standard InChI is InChI=1S/C18H20ClNO2S/c1-13(15-7-6-14-4-2-3-5-16(14)12-15)20-23(21,22)18-10-8-17(19)9-11-18/h6-13,20H,2-5H2,1H3/t13-/m1/s1. The Labute approximate surface area is 142 Å². The number of benzene rings is 2. The normalized spacial score (nSPS) is 15.9. The van der Waals surface area contributed by atoms with E-state index in [-0.39, 0.29) is 10.9 Å². The quantitative estimate of drug-likeness (QED) is 0.896. The highest BCUT2D eigenvalue weighted by atomic mass is 35.5. The third kappa shape index (κ3) is 3.77. The van der Waals surface area contributed by atoms with Gasteiger partial charge in [-0.3, -0.25) is 0 Å². The van der Waals surface area contributed by atoms with Gasteiger partial charge < -0.3 is 0 Å². The molecular weight excluding hydrogens is 330 g/mol. The molecule has 0 saturated heterocycles. The van der Waals surface area contributed by atoms with Crippen LogP contribution in [0.5, 0.6) is 0 Å². The van der Waals surface area contributed by atoms with Crippen LogP contribution in [0.3, 0.4) is 0 Å². The second-order valence-corrected chi connectivity index (χ2v) is 8.18. The SMILES string of the molecule is C[C@@H](NS(=O)(=O)c1ccc(Cl)cc1)c1ccc2c(c1)CCCC2. The first-order valence-electron chi connectivity index (χ1n) is 7.85. The van der Waals surface area contributed by atoms with E-state index in [9.17, 15) is 8.42 Å². The number of hydrogen-bond acceptors (Lipinski definition) is 2. The van der Waals surface area contributed by atoms with E-state index < -0.39 is 10.0 Å². The van der Waals surface area contributed by atoms with E-state index in [1.165, 1.54) is 36.1 Å². The van der Waals surface area contributed by atoms with Crippen LogP contribution in [0.4, 0.5) is 0 Å². The molecule has 0 radical (unpaired) electrons. The van der Waals surface area contributed by atoms with Crippen molar-refractivity contribution >= 4 is 21.6 Å². The maximum atomic E-state index is 12.5. The number of hydrogen-bond donors (Lipinski definition) is 1. The monoisotopic (exact) mass is 349 g/mol. The third-order valence-electron chi connectivity index (χ3n) is 4.33. The lowest BCUT2D eigenvalue weighted by atomic mass is 9.89. The second-order valence-electron chi connectivity index (χ2n) is 6.03. The Balaban J connectivity index is 1.80. The molecule has 0 heterocycles. The van der Waals surface area contributed by atoms with Crippen LogP contribution in [0.25, 0.3) is 0 Å². The van der Waals surface area contributed by atoms with Crippen LogP contribution in [0.15, 0.2) is 47.4 Å². The molecule has 23 heavy (non-hydrogen) atoms. The molecule has 0 amide bonds. The molecule has 5 heteroatoms. The molecule has 3 nitrogen and oxygen atoms in total. The molecule has 0 fully saturated rings. The highest BCUT2D eigenvalue weighted by Crippen LogP contribution is 2.25. The lowest BCUT2D eigenvalue weighted by Crippen LogP contribution is -2.27. The topological polar surface area (TPSA) is 46.2 Å². The van der Waals surface area contributed by atoms with Crippen molar-refractivity contribution in [1.29, 1.82) is 0 Å². The Hall–Kier alpha value is -1.36. The molecular formula is C18H20ClNO2S. The Morgan fingerprint density at radius 2 is 1.65 bits per heavy atom. The largest absolute Gasteiger partial charge is 0.241 e. The molecule has 122 valence electrons. The van der Waals surface area contributed by atoms with Gasteiger partial charge in [0.1, 0.15) is 0 Å². The van der Waals surface area contributed by atoms with Crippen molar-refractivity contribution in [1.82, 2.24) is 4.72 Å². The van der Waals surface area contributed by atoms with Crippen LogP contribution in [0.2, 0.25) is 5.02 Å². The minimum absolute atomic E-state index is 0.228. The number of nitrogens with one attached hydrogen (secondary N) is 1. The van der Waals surface area contributed by atoms with Crippen molar-refractivity contribution in [3.8, 4) is 0 Å². The molecule has 2 aromatic rings. The number of rotatable bonds is 4. The molecule has 0 aliphatic heterocycles. The van der Waals surface area contributed by atoms with Gasteiger partial charge in [-0.05, 0) is 73.6 Å². The molecule has 2 aromatic carbocycles. The molecule has 1 atom stereocenters. The molecule has 0 unspecified atom stereocenters. The first-order chi connectivity index (χ1) is 11.0. The molecule has 1 aliphatic rings. The van der Waals surface area contributed by atoms with E-state index in [0.717, 1.165) is 18.4 Å². The Morgan fingerprint density at radius 3 is 2.35 bits per heavy atom. The summed E-state index contributed by atoms with van der Waals surface area (Å²) in [5, 5.41) is 0.520. The summed E-state index contributed by atoms with van der Waals surface area (Å²) in [7, 11) is -3.55. The average Bonchev–Trinajstić information content (AvgIpc) is 2.54. The number of fused-ring (bicyclic) bond motifs is 1. The summed E-state index contributed by atoms with van der Waals surface area (Å²) >= 11 is 5.82. The van der Waals surface area contributed by atoms with Crippen LogP contribution < -0.4 is 4.72 Å². The minimum Gasteiger partial charge on any atom is -0.207 e. The smallest absolute Gasteiger partial charge is 0.207 e. The fourth-order valence-corrected chi connectivity index (χ4v) is 4.36. The second kappa shape index (κ2) is 6.63. The number of halogens is 1. The Morgan fingerprint density at radius 1 is 1.00 bits per heavy atom. The minimum atomic E-state index is -3.55. The lowest BCUT2D eigenvalue weighted by molar-refractivity contribution is 0.566. The van der Waals surface area contributed by atoms with Crippen LogP contribution in [0.1, 0.15) is 42.5 Å². The van der Waals surface area contributed by atoms with E-state index in [0.29, 0.717) is 5.02 Å². The van der Waals surface area contributed by atoms with E-state index in [4.69, 9.17) is 11.6 Å². The predicted molar refractivity (Wildman–Crippen MR) is 93.3 cm³/mol. The van der Waals surface area contributed by atoms with Crippen molar-refractivity contribution in [3.63, 3.8) is 0 Å². The van der Waals surface area contributed by atoms with Gasteiger partial charge in [0, 0.05) is 11.1 Å². The summed E-state index contributed by atoms with van der Waals surface area (Å²) in [5.41, 5.74) is 3.75. The van der Waals surface area contributed by atoms with E-state index in [1.54, 1.807) is 12.1 Å². The van der Waals surface area contributed by atoms with Crippen LogP contribution in [0, 0.1) is 0 Å². The fraction of sp³-hybridized carbons (Fsp3) is 0.333. The van der Waals surface area contributed by atoms with Gasteiger partial charge in [0.05, 0.1) is 4.90 Å². The zero-order valence-corrected chi connectivity index (χ0v) is 14.6. The summed E-state index contributed by atoms with van der Waals surface area (Å²) in [4.78, 5) is 0.228. The Bertz CT molecular complexity index is 800. The van der Waals surface area contributed by atoms with Gasteiger partial charge in [-0.15, -0.1) is 0 Å². The summed E-state index contributed by atoms with van der Waals surface area (Å²) in [6.45, 7) is 1.87. The van der Waals surface area contributed by atoms with Gasteiger partial charge in [-0.2, -0.15) is 0 Å². The molecule has 1 N–H and O–H groups in total. The van der Waals surface area contributed by atoms with Crippen molar-refractivity contribution in [2.24, 2.45) is 0 Å². The van der Waals surface area contributed by atoms with Gasteiger partial charge in [-0.25, -0.2) is 13.1 Å². The summed E-state index contributed by atoms with van der Waals surface area (Å²) < 4.78 is 27.7. The Kier molecular flexibility index (Phi) is 4.76. The number of aryl methyl sites for hydroxylation is 2. The van der Waals surface area contributed by atoms with Crippen molar-refractivity contribution < 1.29 is 8.42 Å². The molecule has 0 aromatic heterocycles. The van der Waals surface area contributed by atoms with Gasteiger partial charge in [0.25, 0.3) is 0 Å². The zero-order chi connectivity index (χ0) is 16.4. The van der Waals surface area contributed by atoms with Crippen molar-refractivity contribution in [2.75, 3.05) is 0 Å². The molecule has 0 spiro atoms. The van der Waals surface area contributed by atoms with Gasteiger partial charge >= 0.3 is 0 Å². The molecule has 1 aliphatic carbocycles. The van der Waals surface area contributed by atoms with Crippen molar-refractivity contribution in [2.45, 2.75) is 43.5 Å². The van der Waals surface area contributed by atoms with E-state index in [1.807, 2.05) is 13.0 Å². The third-order valence-corrected chi connectivity index (χ3v) is 6.14. The maximum Gasteiger partial charge on any atom is 0.241 e. The van der Waals surface area contributed by atoms with Crippen molar-refractivity contribution in [3.05, 3.63) is 64.2 Å². The average molecular weight is 350 g/mol. The summed E-state index contributed by atoms with van der Waals surface area (Å²) in [5.74, 6) is 0. The summed E-state index contributed by atoms with van der Waals surface area (Å²) in [6.07, 6.45) is 4.66. The van der Waals surface area contributed by atoms with Crippen LogP contribution >= 0.6 is 11.6 Å².